The molecule has 0 saturated carbocycles. The summed E-state index contributed by atoms with van der Waals surface area (Å²) < 4.78 is 69.6. The third-order valence-corrected chi connectivity index (χ3v) is 7.73. The van der Waals surface area contributed by atoms with E-state index in [4.69, 9.17) is 4.74 Å². The summed E-state index contributed by atoms with van der Waals surface area (Å²) >= 11 is 0. The standard InChI is InChI=1S/C23H29F3N4O3S/c1-34(31,32)30-13-9-18-15-20(5-4-19(18)16-30)33-14-2-3-17-7-11-29(12-8-17)22-27-10-6-21(28-22)23(24,25)26/h4-6,10,15,17H,2-3,7-9,11-14,16H2,1H3. The molecule has 2 aliphatic rings. The predicted octanol–water partition coefficient (Wildman–Crippen LogP) is 3.89. The minimum Gasteiger partial charge on any atom is -0.494 e. The Hall–Kier alpha value is -2.40. The number of halogens is 3. The lowest BCUT2D eigenvalue weighted by Gasteiger charge is -2.32. The van der Waals surface area contributed by atoms with Gasteiger partial charge in [-0.1, -0.05) is 6.07 Å². The monoisotopic (exact) mass is 498 g/mol. The van der Waals surface area contributed by atoms with Crippen LogP contribution in [0.15, 0.2) is 30.5 Å². The summed E-state index contributed by atoms with van der Waals surface area (Å²) in [6.07, 6.45) is 2.26. The van der Waals surface area contributed by atoms with E-state index >= 15 is 0 Å². The van der Waals surface area contributed by atoms with Crippen LogP contribution in [-0.4, -0.2) is 55.2 Å². The maximum atomic E-state index is 12.9. The number of hydrogen-bond acceptors (Lipinski definition) is 6. The molecule has 0 N–H and O–H groups in total. The van der Waals surface area contributed by atoms with Gasteiger partial charge in [0.05, 0.1) is 12.9 Å². The topological polar surface area (TPSA) is 75.6 Å². The van der Waals surface area contributed by atoms with Crippen molar-refractivity contribution in [3.63, 3.8) is 0 Å². The SMILES string of the molecule is CS(=O)(=O)N1CCc2cc(OCCCC3CCN(c4nccc(C(F)(F)F)n4)CC3)ccc2C1. The van der Waals surface area contributed by atoms with Crippen LogP contribution in [0.1, 0.15) is 42.5 Å². The molecule has 7 nitrogen and oxygen atoms in total. The molecule has 0 radical (unpaired) electrons. The maximum absolute atomic E-state index is 12.9. The lowest BCUT2D eigenvalue weighted by Crippen LogP contribution is -2.35. The highest BCUT2D eigenvalue weighted by atomic mass is 32.2. The van der Waals surface area contributed by atoms with E-state index in [2.05, 4.69) is 9.97 Å². The van der Waals surface area contributed by atoms with Gasteiger partial charge in [0, 0.05) is 32.4 Å². The zero-order valence-electron chi connectivity index (χ0n) is 19.1. The summed E-state index contributed by atoms with van der Waals surface area (Å²) in [5.41, 5.74) is 1.23. The van der Waals surface area contributed by atoms with E-state index in [1.165, 1.54) is 10.6 Å². The van der Waals surface area contributed by atoms with E-state index in [1.54, 1.807) is 0 Å². The molecule has 0 aliphatic carbocycles. The van der Waals surface area contributed by atoms with Gasteiger partial charge in [-0.15, -0.1) is 0 Å². The number of benzene rings is 1. The van der Waals surface area contributed by atoms with Crippen LogP contribution in [-0.2, 0) is 29.2 Å². The Morgan fingerprint density at radius 2 is 1.88 bits per heavy atom. The number of fused-ring (bicyclic) bond motifs is 1. The smallest absolute Gasteiger partial charge is 0.433 e. The van der Waals surface area contributed by atoms with Gasteiger partial charge in [0.25, 0.3) is 0 Å². The Bertz CT molecular complexity index is 1100. The number of alkyl halides is 3. The van der Waals surface area contributed by atoms with Crippen LogP contribution in [0.2, 0.25) is 0 Å². The molecular weight excluding hydrogens is 469 g/mol. The molecule has 1 saturated heterocycles. The second-order valence-corrected chi connectivity index (χ2v) is 10.9. The number of ether oxygens (including phenoxy) is 1. The third kappa shape index (κ3) is 6.18. The van der Waals surface area contributed by atoms with Crippen molar-refractivity contribution in [3.05, 3.63) is 47.3 Å². The van der Waals surface area contributed by atoms with Crippen molar-refractivity contribution in [2.45, 2.75) is 44.8 Å². The summed E-state index contributed by atoms with van der Waals surface area (Å²) in [6, 6.07) is 6.72. The highest BCUT2D eigenvalue weighted by Crippen LogP contribution is 2.30. The van der Waals surface area contributed by atoms with Gasteiger partial charge in [-0.2, -0.15) is 17.5 Å². The Balaban J connectivity index is 1.20. The van der Waals surface area contributed by atoms with Gasteiger partial charge in [0.2, 0.25) is 16.0 Å². The highest BCUT2D eigenvalue weighted by Gasteiger charge is 2.33. The molecule has 4 rings (SSSR count). The number of anilines is 1. The van der Waals surface area contributed by atoms with Crippen molar-refractivity contribution in [2.75, 3.05) is 37.4 Å². The van der Waals surface area contributed by atoms with E-state index in [1.807, 2.05) is 23.1 Å². The zero-order chi connectivity index (χ0) is 24.3. The molecule has 34 heavy (non-hydrogen) atoms. The number of aromatic nitrogens is 2. The quantitative estimate of drug-likeness (QED) is 0.540. The zero-order valence-corrected chi connectivity index (χ0v) is 19.9. The van der Waals surface area contributed by atoms with E-state index in [-0.39, 0.29) is 5.95 Å². The molecule has 0 atom stereocenters. The van der Waals surface area contributed by atoms with Crippen molar-refractivity contribution in [1.82, 2.24) is 14.3 Å². The molecule has 2 aromatic rings. The Morgan fingerprint density at radius 1 is 1.12 bits per heavy atom. The minimum absolute atomic E-state index is 0.142. The van der Waals surface area contributed by atoms with Crippen LogP contribution in [0.3, 0.4) is 0 Å². The summed E-state index contributed by atoms with van der Waals surface area (Å²) in [6.45, 7) is 2.76. The van der Waals surface area contributed by atoms with Gasteiger partial charge in [-0.25, -0.2) is 18.4 Å². The van der Waals surface area contributed by atoms with Crippen LogP contribution in [0.4, 0.5) is 19.1 Å². The summed E-state index contributed by atoms with van der Waals surface area (Å²) in [5.74, 6) is 1.43. The van der Waals surface area contributed by atoms with E-state index < -0.39 is 21.9 Å². The first-order valence-electron chi connectivity index (χ1n) is 11.4. The molecule has 0 bridgehead atoms. The second-order valence-electron chi connectivity index (χ2n) is 8.94. The van der Waals surface area contributed by atoms with E-state index in [0.717, 1.165) is 54.8 Å². The predicted molar refractivity (Wildman–Crippen MR) is 122 cm³/mol. The first kappa shape index (κ1) is 24.7. The lowest BCUT2D eigenvalue weighted by atomic mass is 9.92. The van der Waals surface area contributed by atoms with Gasteiger partial charge in [0.1, 0.15) is 11.4 Å². The molecule has 11 heteroatoms. The fourth-order valence-electron chi connectivity index (χ4n) is 4.52. The van der Waals surface area contributed by atoms with Crippen LogP contribution in [0.25, 0.3) is 0 Å². The summed E-state index contributed by atoms with van der Waals surface area (Å²) in [4.78, 5) is 9.53. The minimum atomic E-state index is -4.47. The van der Waals surface area contributed by atoms with Gasteiger partial charge < -0.3 is 9.64 Å². The van der Waals surface area contributed by atoms with Crippen LogP contribution in [0, 0.1) is 5.92 Å². The molecular formula is C23H29F3N4O3S. The highest BCUT2D eigenvalue weighted by molar-refractivity contribution is 7.88. The van der Waals surface area contributed by atoms with Crippen LogP contribution >= 0.6 is 0 Å². The first-order valence-corrected chi connectivity index (χ1v) is 13.3. The molecule has 0 spiro atoms. The first-order chi connectivity index (χ1) is 16.1. The van der Waals surface area contributed by atoms with Gasteiger partial charge in [-0.05, 0) is 67.3 Å². The van der Waals surface area contributed by atoms with Gasteiger partial charge >= 0.3 is 6.18 Å². The fourth-order valence-corrected chi connectivity index (χ4v) is 5.32. The Kier molecular flexibility index (Phi) is 7.32. The average Bonchev–Trinajstić information content (AvgIpc) is 2.81. The molecule has 0 amide bonds. The molecule has 1 aromatic carbocycles. The Labute approximate surface area is 198 Å². The average molecular weight is 499 g/mol. The van der Waals surface area contributed by atoms with E-state index in [9.17, 15) is 21.6 Å². The number of nitrogens with zero attached hydrogens (tertiary/aromatic N) is 4. The molecule has 2 aliphatic heterocycles. The number of piperidine rings is 1. The van der Waals surface area contributed by atoms with Crippen molar-refractivity contribution >= 4 is 16.0 Å². The molecule has 0 unspecified atom stereocenters. The largest absolute Gasteiger partial charge is 0.494 e. The van der Waals surface area contributed by atoms with Crippen LogP contribution in [0.5, 0.6) is 5.75 Å². The summed E-state index contributed by atoms with van der Waals surface area (Å²) in [5, 5.41) is 0. The number of sulfonamides is 1. The second kappa shape index (κ2) is 10.1. The molecule has 3 heterocycles. The van der Waals surface area contributed by atoms with E-state index in [0.29, 0.717) is 45.1 Å². The lowest BCUT2D eigenvalue weighted by molar-refractivity contribution is -0.141. The van der Waals surface area contributed by atoms with Crippen molar-refractivity contribution < 1.29 is 26.3 Å². The third-order valence-electron chi connectivity index (χ3n) is 6.48. The number of hydrogen-bond donors (Lipinski definition) is 0. The molecule has 186 valence electrons. The number of rotatable bonds is 7. The Morgan fingerprint density at radius 3 is 2.59 bits per heavy atom. The van der Waals surface area contributed by atoms with Crippen LogP contribution < -0.4 is 9.64 Å². The van der Waals surface area contributed by atoms with Crippen molar-refractivity contribution in [2.24, 2.45) is 5.92 Å². The van der Waals surface area contributed by atoms with Gasteiger partial charge in [-0.3, -0.25) is 0 Å². The molecule has 1 aromatic heterocycles. The fraction of sp³-hybridized carbons (Fsp3) is 0.565. The van der Waals surface area contributed by atoms with Crippen molar-refractivity contribution in [1.29, 1.82) is 0 Å². The van der Waals surface area contributed by atoms with Gasteiger partial charge in [0.15, 0.2) is 0 Å². The summed E-state index contributed by atoms with van der Waals surface area (Å²) in [7, 11) is -3.19. The maximum Gasteiger partial charge on any atom is 0.433 e. The normalized spacial score (nSPS) is 18.1. The molecule has 1 fully saturated rings. The van der Waals surface area contributed by atoms with Crippen molar-refractivity contribution in [3.8, 4) is 5.75 Å².